The zero-order valence-electron chi connectivity index (χ0n) is 17.1. The molecule has 134 valence electrons. The Morgan fingerprint density at radius 2 is 1.04 bits per heavy atom. The van der Waals surface area contributed by atoms with E-state index in [0.29, 0.717) is 24.2 Å². The van der Waals surface area contributed by atoms with Gasteiger partial charge in [-0.3, -0.25) is 0 Å². The van der Waals surface area contributed by atoms with E-state index >= 15 is 0 Å². The molecule has 0 aromatic rings. The number of fused-ring (bicyclic) bond motifs is 1. The molecule has 0 amide bonds. The van der Waals surface area contributed by atoms with Gasteiger partial charge >= 0.3 is 0 Å². The Morgan fingerprint density at radius 3 is 1.42 bits per heavy atom. The lowest BCUT2D eigenvalue weighted by atomic mass is 9.80. The van der Waals surface area contributed by atoms with Crippen molar-refractivity contribution in [2.75, 3.05) is 0 Å². The molecule has 7 rings (SSSR count). The van der Waals surface area contributed by atoms with Crippen LogP contribution in [0, 0.1) is 22.2 Å². The van der Waals surface area contributed by atoms with Crippen LogP contribution in [0.25, 0.3) is 0 Å². The molecule has 24 heavy (non-hydrogen) atoms. The molecule has 5 aliphatic heterocycles. The van der Waals surface area contributed by atoms with E-state index in [0.717, 1.165) is 14.7 Å². The monoisotopic (exact) mass is 380 g/mol. The quantitative estimate of drug-likeness (QED) is 0.389. The van der Waals surface area contributed by atoms with Gasteiger partial charge in [-0.25, -0.2) is 0 Å². The summed E-state index contributed by atoms with van der Waals surface area (Å²) in [5.74, 6) is 1.18. The van der Waals surface area contributed by atoms with Gasteiger partial charge in [0.05, 0.1) is 0 Å². The number of hydrogen-bond donors (Lipinski definition) is 0. The predicted octanol–water partition coefficient (Wildman–Crippen LogP) is 7.24. The molecule has 7 aliphatic rings. The minimum atomic E-state index is 0.246. The maximum Gasteiger partial charge on any atom is 0.0317 e. The fourth-order valence-corrected chi connectivity index (χ4v) is 35.5. The average molecular weight is 380 g/mol. The number of hydrogen-bond acceptors (Lipinski definition) is 0. The van der Waals surface area contributed by atoms with Crippen LogP contribution in [0.2, 0.25) is 0 Å². The summed E-state index contributed by atoms with van der Waals surface area (Å²) >= 11 is 0. The van der Waals surface area contributed by atoms with Crippen molar-refractivity contribution < 1.29 is 0 Å². The summed E-state index contributed by atoms with van der Waals surface area (Å²) in [6, 6.07) is 0. The molecular formula is C21H35P3. The molecule has 0 aromatic carbocycles. The minimum Gasteiger partial charge on any atom is -0.0784 e. The van der Waals surface area contributed by atoms with Crippen LogP contribution in [0.15, 0.2) is 0 Å². The standard InChI is InChI=1S/C21H35P3/c1-16(2,3)19-12-10-13(12)24-20(17(4,5)6)21(24,18(7,8)9)23(19)15-11-14(15)22(19)20/h12-15H,10-11H2,1-9H3. The number of rotatable bonds is 0. The summed E-state index contributed by atoms with van der Waals surface area (Å²) in [6.07, 6.45) is 3.31. The van der Waals surface area contributed by atoms with Crippen molar-refractivity contribution in [1.82, 2.24) is 0 Å². The summed E-state index contributed by atoms with van der Waals surface area (Å²) in [5, 5.41) is 0. The van der Waals surface area contributed by atoms with Gasteiger partial charge in [0, 0.05) is 14.7 Å². The molecule has 5 saturated heterocycles. The molecule has 8 atom stereocenters. The second kappa shape index (κ2) is 3.62. The van der Waals surface area contributed by atoms with Crippen LogP contribution in [0.5, 0.6) is 0 Å². The molecule has 0 nitrogen and oxygen atoms in total. The van der Waals surface area contributed by atoms with Gasteiger partial charge < -0.3 is 0 Å². The summed E-state index contributed by atoms with van der Waals surface area (Å²) < 4.78 is 0. The Balaban J connectivity index is 1.71. The highest BCUT2D eigenvalue weighted by molar-refractivity contribution is 8.08. The van der Waals surface area contributed by atoms with Crippen LogP contribution in [0.3, 0.4) is 0 Å². The topological polar surface area (TPSA) is 0 Å². The van der Waals surface area contributed by atoms with Gasteiger partial charge in [-0.15, -0.1) is 0 Å². The molecule has 7 fully saturated rings. The highest BCUT2D eigenvalue weighted by Gasteiger charge is 3.07. The fourth-order valence-electron chi connectivity index (χ4n) is 8.75. The third-order valence-corrected chi connectivity index (χ3v) is 27.2. The maximum absolute atomic E-state index is 2.67. The van der Waals surface area contributed by atoms with Crippen molar-refractivity contribution in [1.29, 1.82) is 0 Å². The van der Waals surface area contributed by atoms with Gasteiger partial charge in [0.25, 0.3) is 0 Å². The van der Waals surface area contributed by atoms with Gasteiger partial charge in [0.1, 0.15) is 0 Å². The normalized spacial score (nSPS) is 64.6. The first-order chi connectivity index (χ1) is 10.8. The van der Waals surface area contributed by atoms with E-state index in [-0.39, 0.29) is 15.8 Å². The van der Waals surface area contributed by atoms with Crippen LogP contribution >= 0.6 is 23.8 Å². The summed E-state index contributed by atoms with van der Waals surface area (Å²) in [5.41, 5.74) is 5.28. The summed E-state index contributed by atoms with van der Waals surface area (Å²) in [7, 11) is 0.805. The van der Waals surface area contributed by atoms with Crippen molar-refractivity contribution in [3.63, 3.8) is 0 Å². The SMILES string of the molecule is CC(C)(C)C12C3CC3P3C4(C(C)(C)C)P1C1CC1P2C34C(C)(C)C. The molecule has 0 N–H and O–H groups in total. The van der Waals surface area contributed by atoms with Crippen LogP contribution < -0.4 is 0 Å². The third-order valence-electron chi connectivity index (χ3n) is 8.75. The van der Waals surface area contributed by atoms with E-state index in [1.165, 1.54) is 22.9 Å². The molecule has 6 bridgehead atoms. The lowest BCUT2D eigenvalue weighted by Gasteiger charge is -2.57. The predicted molar refractivity (Wildman–Crippen MR) is 111 cm³/mol. The van der Waals surface area contributed by atoms with Gasteiger partial charge in [-0.2, -0.15) is 0 Å². The molecule has 0 spiro atoms. The maximum atomic E-state index is 2.67. The molecule has 0 aromatic heterocycles. The minimum absolute atomic E-state index is 0.246. The second-order valence-corrected chi connectivity index (χ2v) is 22.1. The van der Waals surface area contributed by atoms with E-state index in [1.54, 1.807) is 12.8 Å². The highest BCUT2D eigenvalue weighted by Crippen LogP contribution is 3.28. The first kappa shape index (κ1) is 16.3. The Bertz CT molecular complexity index is 637. The van der Waals surface area contributed by atoms with Crippen molar-refractivity contribution in [2.45, 2.75) is 107 Å². The van der Waals surface area contributed by atoms with Gasteiger partial charge in [-0.1, -0.05) is 86.1 Å². The Labute approximate surface area is 153 Å². The van der Waals surface area contributed by atoms with Crippen LogP contribution in [0.4, 0.5) is 0 Å². The van der Waals surface area contributed by atoms with E-state index in [4.69, 9.17) is 0 Å². The third kappa shape index (κ3) is 1.13. The largest absolute Gasteiger partial charge is 0.0784 e. The second-order valence-electron chi connectivity index (χ2n) is 12.7. The van der Waals surface area contributed by atoms with Gasteiger partial charge in [0.2, 0.25) is 0 Å². The van der Waals surface area contributed by atoms with Gasteiger partial charge in [0.15, 0.2) is 0 Å². The molecule has 0 radical (unpaired) electrons. The molecule has 2 saturated carbocycles. The molecule has 8 unspecified atom stereocenters. The highest BCUT2D eigenvalue weighted by atomic mass is 31.2. The summed E-state index contributed by atoms with van der Waals surface area (Å²) in [4.78, 5) is 2.46. The zero-order chi connectivity index (χ0) is 17.5. The average Bonchev–Trinajstić information content (AvgIpc) is 3.25. The molecule has 3 heteroatoms. The lowest BCUT2D eigenvalue weighted by molar-refractivity contribution is 0.292. The van der Waals surface area contributed by atoms with Gasteiger partial charge in [-0.05, 0) is 52.0 Å². The molecule has 2 aliphatic carbocycles. The smallest absolute Gasteiger partial charge is 0.0317 e. The van der Waals surface area contributed by atoms with Crippen molar-refractivity contribution in [2.24, 2.45) is 22.2 Å². The van der Waals surface area contributed by atoms with E-state index in [9.17, 15) is 0 Å². The van der Waals surface area contributed by atoms with E-state index in [1.807, 2.05) is 0 Å². The first-order valence-corrected chi connectivity index (χ1v) is 14.4. The van der Waals surface area contributed by atoms with Crippen molar-refractivity contribution >= 4 is 23.8 Å². The van der Waals surface area contributed by atoms with Crippen LogP contribution in [0.1, 0.15) is 75.2 Å². The van der Waals surface area contributed by atoms with Crippen molar-refractivity contribution in [3.05, 3.63) is 0 Å². The van der Waals surface area contributed by atoms with Crippen LogP contribution in [-0.4, -0.2) is 31.7 Å². The van der Waals surface area contributed by atoms with Crippen LogP contribution in [-0.2, 0) is 0 Å². The zero-order valence-corrected chi connectivity index (χ0v) is 19.7. The first-order valence-electron chi connectivity index (χ1n) is 10.2. The fraction of sp³-hybridized carbons (Fsp3) is 1.00. The Hall–Kier alpha value is 1.29. The van der Waals surface area contributed by atoms with E-state index < -0.39 is 0 Å². The Morgan fingerprint density at radius 1 is 0.583 bits per heavy atom. The van der Waals surface area contributed by atoms with E-state index in [2.05, 4.69) is 62.3 Å². The molecule has 5 heterocycles. The molecular weight excluding hydrogens is 345 g/mol. The lowest BCUT2D eigenvalue weighted by Crippen LogP contribution is -2.45. The Kier molecular flexibility index (Phi) is 2.46. The summed E-state index contributed by atoms with van der Waals surface area (Å²) in [6.45, 7) is 24.0. The van der Waals surface area contributed by atoms with Crippen molar-refractivity contribution in [3.8, 4) is 0 Å².